The van der Waals surface area contributed by atoms with E-state index in [-0.39, 0.29) is 15.7 Å². The molecule has 0 fully saturated rings. The quantitative estimate of drug-likeness (QED) is 0.716. The summed E-state index contributed by atoms with van der Waals surface area (Å²) in [5, 5.41) is 5.17. The first-order valence-corrected chi connectivity index (χ1v) is 6.72. The Hall–Kier alpha value is -0.870. The maximum absolute atomic E-state index is 11.4. The van der Waals surface area contributed by atoms with Gasteiger partial charge in [-0.15, -0.1) is 0 Å². The van der Waals surface area contributed by atoms with Gasteiger partial charge in [0.05, 0.1) is 4.91 Å². The fourth-order valence-electron chi connectivity index (χ4n) is 1.42. The molecular formula is C12H19NO2S. The van der Waals surface area contributed by atoms with Crippen LogP contribution in [0.15, 0.2) is 35.3 Å². The van der Waals surface area contributed by atoms with E-state index in [2.05, 4.69) is 6.08 Å². The summed E-state index contributed by atoms with van der Waals surface area (Å²) in [5.74, 6) is 0. The molecule has 0 radical (unpaired) electrons. The van der Waals surface area contributed by atoms with Crippen LogP contribution in [0.1, 0.15) is 27.7 Å². The average molecular weight is 241 g/mol. The Morgan fingerprint density at radius 2 is 1.50 bits per heavy atom. The largest absolute Gasteiger partial charge is 0.237 e. The van der Waals surface area contributed by atoms with Crippen LogP contribution in [0.25, 0.3) is 0 Å². The van der Waals surface area contributed by atoms with E-state index in [1.807, 2.05) is 39.8 Å². The first-order chi connectivity index (χ1) is 7.02. The number of nitrogens with two attached hydrogens (primary N) is 1. The average Bonchev–Trinajstić information content (AvgIpc) is 2.06. The lowest BCUT2D eigenvalue weighted by molar-refractivity contribution is 0.571. The maximum Gasteiger partial charge on any atom is 0.237 e. The van der Waals surface area contributed by atoms with Crippen LogP contribution in [0, 0.1) is 10.8 Å². The molecule has 3 nitrogen and oxygen atoms in total. The molecule has 0 aromatic rings. The number of hydrogen-bond donors (Lipinski definition) is 1. The predicted octanol–water partition coefficient (Wildman–Crippen LogP) is 2.34. The molecule has 0 heterocycles. The Bertz CT molecular complexity index is 465. The number of rotatable bonds is 1. The molecule has 0 aromatic carbocycles. The minimum absolute atomic E-state index is 0.165. The highest BCUT2D eigenvalue weighted by atomic mass is 32.2. The smallest absolute Gasteiger partial charge is 0.225 e. The minimum atomic E-state index is -3.65. The van der Waals surface area contributed by atoms with E-state index in [0.29, 0.717) is 0 Å². The Balaban J connectivity index is 3.36. The van der Waals surface area contributed by atoms with Gasteiger partial charge in [0.15, 0.2) is 0 Å². The molecular weight excluding hydrogens is 222 g/mol. The molecule has 0 saturated heterocycles. The molecule has 16 heavy (non-hydrogen) atoms. The summed E-state index contributed by atoms with van der Waals surface area (Å²) in [6.07, 6.45) is 9.17. The topological polar surface area (TPSA) is 60.2 Å². The van der Waals surface area contributed by atoms with Gasteiger partial charge in [0.2, 0.25) is 10.0 Å². The lowest BCUT2D eigenvalue weighted by atomic mass is 9.84. The molecule has 0 amide bonds. The van der Waals surface area contributed by atoms with Crippen molar-refractivity contribution in [3.05, 3.63) is 35.3 Å². The summed E-state index contributed by atoms with van der Waals surface area (Å²) in [7, 11) is -3.65. The van der Waals surface area contributed by atoms with Crippen LogP contribution in [0.3, 0.4) is 0 Å². The van der Waals surface area contributed by atoms with E-state index in [9.17, 15) is 8.42 Å². The van der Waals surface area contributed by atoms with E-state index in [4.69, 9.17) is 5.14 Å². The second-order valence-corrected chi connectivity index (χ2v) is 6.96. The molecule has 2 N–H and O–H groups in total. The lowest BCUT2D eigenvalue weighted by Gasteiger charge is -2.23. The van der Waals surface area contributed by atoms with Crippen molar-refractivity contribution in [2.24, 2.45) is 16.0 Å². The maximum atomic E-state index is 11.4. The molecule has 4 heteroatoms. The molecule has 1 rings (SSSR count). The van der Waals surface area contributed by atoms with Gasteiger partial charge in [-0.1, -0.05) is 52.0 Å². The summed E-state index contributed by atoms with van der Waals surface area (Å²) in [6.45, 7) is 7.93. The van der Waals surface area contributed by atoms with Gasteiger partial charge in [-0.2, -0.15) is 0 Å². The van der Waals surface area contributed by atoms with Gasteiger partial charge >= 0.3 is 0 Å². The van der Waals surface area contributed by atoms with Crippen molar-refractivity contribution in [2.45, 2.75) is 27.7 Å². The SMILES string of the molecule is CC1(C)C=CC(S(N)(=O)=O)=CC(C)(C)C=C1. The van der Waals surface area contributed by atoms with Crippen LogP contribution in [-0.4, -0.2) is 8.42 Å². The first kappa shape index (κ1) is 13.2. The number of sulfonamides is 1. The molecule has 0 aromatic heterocycles. The van der Waals surface area contributed by atoms with Gasteiger partial charge in [0, 0.05) is 10.8 Å². The van der Waals surface area contributed by atoms with Gasteiger partial charge in [0.25, 0.3) is 0 Å². The minimum Gasteiger partial charge on any atom is -0.225 e. The van der Waals surface area contributed by atoms with Crippen molar-refractivity contribution in [3.63, 3.8) is 0 Å². The van der Waals surface area contributed by atoms with Crippen molar-refractivity contribution in [3.8, 4) is 0 Å². The Morgan fingerprint density at radius 1 is 1.00 bits per heavy atom. The van der Waals surface area contributed by atoms with Gasteiger partial charge in [-0.25, -0.2) is 13.6 Å². The van der Waals surface area contributed by atoms with Crippen LogP contribution in [0.4, 0.5) is 0 Å². The molecule has 90 valence electrons. The van der Waals surface area contributed by atoms with Crippen molar-refractivity contribution >= 4 is 10.0 Å². The summed E-state index contributed by atoms with van der Waals surface area (Å²) in [6, 6.07) is 0. The zero-order valence-corrected chi connectivity index (χ0v) is 11.0. The summed E-state index contributed by atoms with van der Waals surface area (Å²) in [4.78, 5) is 0.176. The van der Waals surface area contributed by atoms with Gasteiger partial charge < -0.3 is 0 Å². The summed E-state index contributed by atoms with van der Waals surface area (Å²) < 4.78 is 22.8. The monoisotopic (exact) mass is 241 g/mol. The van der Waals surface area contributed by atoms with E-state index in [1.165, 1.54) is 0 Å². The fraction of sp³-hybridized carbons (Fsp3) is 0.500. The Kier molecular flexibility index (Phi) is 3.18. The van der Waals surface area contributed by atoms with E-state index in [0.717, 1.165) is 0 Å². The molecule has 0 atom stereocenters. The van der Waals surface area contributed by atoms with Crippen molar-refractivity contribution < 1.29 is 8.42 Å². The number of allylic oxidation sites excluding steroid dienone is 5. The predicted molar refractivity (Wildman–Crippen MR) is 67.0 cm³/mol. The van der Waals surface area contributed by atoms with E-state index >= 15 is 0 Å². The normalized spacial score (nSPS) is 23.4. The highest BCUT2D eigenvalue weighted by molar-refractivity contribution is 7.93. The molecule has 1 aliphatic rings. The molecule has 0 unspecified atom stereocenters. The zero-order valence-electron chi connectivity index (χ0n) is 10.2. The molecule has 0 saturated carbocycles. The standard InChI is InChI=1S/C12H19NO2S/c1-11(2)6-5-10(16(13,14)15)9-12(3,4)8-7-11/h5-9H,1-4H3,(H2,13,14,15). The van der Waals surface area contributed by atoms with Crippen LogP contribution >= 0.6 is 0 Å². The Morgan fingerprint density at radius 3 is 2.00 bits per heavy atom. The molecule has 0 bridgehead atoms. The van der Waals surface area contributed by atoms with Crippen molar-refractivity contribution in [1.29, 1.82) is 0 Å². The third-order valence-electron chi connectivity index (χ3n) is 2.46. The first-order valence-electron chi connectivity index (χ1n) is 5.17. The van der Waals surface area contributed by atoms with Crippen molar-refractivity contribution in [1.82, 2.24) is 0 Å². The number of primary sulfonamides is 1. The van der Waals surface area contributed by atoms with Crippen LogP contribution in [-0.2, 0) is 10.0 Å². The molecule has 0 aliphatic heterocycles. The van der Waals surface area contributed by atoms with Gasteiger partial charge in [-0.3, -0.25) is 0 Å². The highest BCUT2D eigenvalue weighted by Gasteiger charge is 2.21. The zero-order chi connectivity index (χ0) is 12.6. The second-order valence-electron chi connectivity index (χ2n) is 5.40. The highest BCUT2D eigenvalue weighted by Crippen LogP contribution is 2.30. The van der Waals surface area contributed by atoms with Crippen LogP contribution in [0.2, 0.25) is 0 Å². The summed E-state index contributed by atoms with van der Waals surface area (Å²) in [5.41, 5.74) is -0.481. The van der Waals surface area contributed by atoms with Gasteiger partial charge in [-0.05, 0) is 6.08 Å². The third kappa shape index (κ3) is 3.61. The fourth-order valence-corrected chi connectivity index (χ4v) is 2.15. The second kappa shape index (κ2) is 3.86. The van der Waals surface area contributed by atoms with Gasteiger partial charge in [0.1, 0.15) is 0 Å². The number of hydrogen-bond acceptors (Lipinski definition) is 2. The van der Waals surface area contributed by atoms with Crippen LogP contribution in [0.5, 0.6) is 0 Å². The van der Waals surface area contributed by atoms with Crippen molar-refractivity contribution in [2.75, 3.05) is 0 Å². The summed E-state index contributed by atoms with van der Waals surface area (Å²) >= 11 is 0. The molecule has 0 spiro atoms. The third-order valence-corrected chi connectivity index (χ3v) is 3.37. The van der Waals surface area contributed by atoms with E-state index < -0.39 is 10.0 Å². The molecule has 1 aliphatic carbocycles. The Labute approximate surface area is 97.8 Å². The lowest BCUT2D eigenvalue weighted by Crippen LogP contribution is -2.18. The van der Waals surface area contributed by atoms with E-state index in [1.54, 1.807) is 12.2 Å². The van der Waals surface area contributed by atoms with Crippen LogP contribution < -0.4 is 5.14 Å².